The van der Waals surface area contributed by atoms with Crippen molar-refractivity contribution in [2.45, 2.75) is 52.0 Å². The molecule has 0 saturated heterocycles. The third-order valence-corrected chi connectivity index (χ3v) is 3.53. The summed E-state index contributed by atoms with van der Waals surface area (Å²) in [4.78, 5) is 0. The van der Waals surface area contributed by atoms with Crippen LogP contribution in [-0.2, 0) is 4.74 Å². The quantitative estimate of drug-likeness (QED) is 0.641. The molecule has 1 aliphatic carbocycles. The topological polar surface area (TPSA) is 47.3 Å². The molecule has 0 aromatic rings. The molecule has 1 aliphatic rings. The van der Waals surface area contributed by atoms with Crippen molar-refractivity contribution in [1.29, 1.82) is 0 Å². The molecule has 0 spiro atoms. The fourth-order valence-electron chi connectivity index (χ4n) is 2.54. The Morgan fingerprint density at radius 2 is 2.06 bits per heavy atom. The van der Waals surface area contributed by atoms with Crippen molar-refractivity contribution in [3.05, 3.63) is 0 Å². The molecule has 0 bridgehead atoms. The standard InChI is InChI=1S/C14H30N2O/c1-12(2)11-17-9-5-8-16-14-7-4-3-6-13(14)10-15/h12-14,16H,3-11,15H2,1-2H3. The predicted octanol–water partition coefficient (Wildman–Crippen LogP) is 2.16. The lowest BCUT2D eigenvalue weighted by Gasteiger charge is -2.31. The fraction of sp³-hybridized carbons (Fsp3) is 1.00. The summed E-state index contributed by atoms with van der Waals surface area (Å²) in [7, 11) is 0. The summed E-state index contributed by atoms with van der Waals surface area (Å²) in [6.45, 7) is 8.04. The first-order valence-corrected chi connectivity index (χ1v) is 7.25. The number of ether oxygens (including phenoxy) is 1. The second kappa shape index (κ2) is 8.90. The summed E-state index contributed by atoms with van der Waals surface area (Å²) in [5.74, 6) is 1.34. The van der Waals surface area contributed by atoms with E-state index in [2.05, 4.69) is 19.2 Å². The minimum absolute atomic E-state index is 0.642. The van der Waals surface area contributed by atoms with E-state index in [0.717, 1.165) is 32.7 Å². The molecule has 102 valence electrons. The molecule has 17 heavy (non-hydrogen) atoms. The minimum atomic E-state index is 0.642. The summed E-state index contributed by atoms with van der Waals surface area (Å²) in [6, 6.07) is 0.652. The summed E-state index contributed by atoms with van der Waals surface area (Å²) in [5.41, 5.74) is 5.81. The monoisotopic (exact) mass is 242 g/mol. The lowest BCUT2D eigenvalue weighted by Crippen LogP contribution is -2.42. The highest BCUT2D eigenvalue weighted by molar-refractivity contribution is 4.81. The van der Waals surface area contributed by atoms with Crippen LogP contribution in [0.5, 0.6) is 0 Å². The van der Waals surface area contributed by atoms with E-state index in [1.54, 1.807) is 0 Å². The Morgan fingerprint density at radius 1 is 1.29 bits per heavy atom. The Hall–Kier alpha value is -0.120. The Labute approximate surface area is 106 Å². The van der Waals surface area contributed by atoms with Crippen molar-refractivity contribution in [2.24, 2.45) is 17.6 Å². The Morgan fingerprint density at radius 3 is 2.76 bits per heavy atom. The average Bonchev–Trinajstić information content (AvgIpc) is 2.33. The van der Waals surface area contributed by atoms with Crippen LogP contribution in [0.25, 0.3) is 0 Å². The minimum Gasteiger partial charge on any atom is -0.381 e. The number of rotatable bonds is 8. The second-order valence-electron chi connectivity index (χ2n) is 5.66. The number of hydrogen-bond donors (Lipinski definition) is 2. The molecule has 0 amide bonds. The molecule has 3 heteroatoms. The highest BCUT2D eigenvalue weighted by atomic mass is 16.5. The summed E-state index contributed by atoms with van der Waals surface area (Å²) < 4.78 is 5.57. The normalized spacial score (nSPS) is 25.4. The number of nitrogens with one attached hydrogen (secondary N) is 1. The van der Waals surface area contributed by atoms with Crippen molar-refractivity contribution in [1.82, 2.24) is 5.32 Å². The summed E-state index contributed by atoms with van der Waals surface area (Å²) in [6.07, 6.45) is 6.43. The van der Waals surface area contributed by atoms with E-state index in [0.29, 0.717) is 17.9 Å². The maximum absolute atomic E-state index is 5.81. The average molecular weight is 242 g/mol. The zero-order valence-electron chi connectivity index (χ0n) is 11.6. The molecular formula is C14H30N2O. The SMILES string of the molecule is CC(C)COCCCNC1CCCCC1CN. The van der Waals surface area contributed by atoms with Crippen LogP contribution in [-0.4, -0.2) is 32.3 Å². The van der Waals surface area contributed by atoms with Crippen molar-refractivity contribution >= 4 is 0 Å². The van der Waals surface area contributed by atoms with Gasteiger partial charge in [-0.15, -0.1) is 0 Å². The molecular weight excluding hydrogens is 212 g/mol. The van der Waals surface area contributed by atoms with Crippen LogP contribution >= 0.6 is 0 Å². The van der Waals surface area contributed by atoms with Gasteiger partial charge in [-0.2, -0.15) is 0 Å². The Balaban J connectivity index is 2.01. The van der Waals surface area contributed by atoms with Gasteiger partial charge < -0.3 is 15.8 Å². The highest BCUT2D eigenvalue weighted by Crippen LogP contribution is 2.23. The van der Waals surface area contributed by atoms with E-state index >= 15 is 0 Å². The highest BCUT2D eigenvalue weighted by Gasteiger charge is 2.22. The van der Waals surface area contributed by atoms with Crippen LogP contribution in [0.3, 0.4) is 0 Å². The second-order valence-corrected chi connectivity index (χ2v) is 5.66. The van der Waals surface area contributed by atoms with Crippen LogP contribution in [0.4, 0.5) is 0 Å². The molecule has 3 nitrogen and oxygen atoms in total. The molecule has 0 aliphatic heterocycles. The Kier molecular flexibility index (Phi) is 7.82. The van der Waals surface area contributed by atoms with Gasteiger partial charge in [0.25, 0.3) is 0 Å². The predicted molar refractivity (Wildman–Crippen MR) is 73.1 cm³/mol. The van der Waals surface area contributed by atoms with Crippen molar-refractivity contribution < 1.29 is 4.74 Å². The van der Waals surface area contributed by atoms with E-state index in [4.69, 9.17) is 10.5 Å². The van der Waals surface area contributed by atoms with Gasteiger partial charge in [0.15, 0.2) is 0 Å². The van der Waals surface area contributed by atoms with E-state index < -0.39 is 0 Å². The third kappa shape index (κ3) is 6.39. The van der Waals surface area contributed by atoms with E-state index in [-0.39, 0.29) is 0 Å². The molecule has 2 atom stereocenters. The van der Waals surface area contributed by atoms with Crippen molar-refractivity contribution in [3.63, 3.8) is 0 Å². The van der Waals surface area contributed by atoms with Gasteiger partial charge in [-0.05, 0) is 44.2 Å². The number of hydrogen-bond acceptors (Lipinski definition) is 3. The fourth-order valence-corrected chi connectivity index (χ4v) is 2.54. The van der Waals surface area contributed by atoms with Gasteiger partial charge in [-0.1, -0.05) is 26.7 Å². The molecule has 1 fully saturated rings. The molecule has 0 aromatic carbocycles. The third-order valence-electron chi connectivity index (χ3n) is 3.53. The molecule has 2 unspecified atom stereocenters. The lowest BCUT2D eigenvalue weighted by atomic mass is 9.84. The van der Waals surface area contributed by atoms with E-state index in [1.165, 1.54) is 25.7 Å². The first-order chi connectivity index (χ1) is 8.24. The van der Waals surface area contributed by atoms with E-state index in [1.807, 2.05) is 0 Å². The molecule has 0 aromatic heterocycles. The molecule has 1 saturated carbocycles. The zero-order valence-corrected chi connectivity index (χ0v) is 11.6. The van der Waals surface area contributed by atoms with E-state index in [9.17, 15) is 0 Å². The lowest BCUT2D eigenvalue weighted by molar-refractivity contribution is 0.106. The van der Waals surface area contributed by atoms with Crippen LogP contribution in [0.2, 0.25) is 0 Å². The molecule has 3 N–H and O–H groups in total. The molecule has 0 heterocycles. The smallest absolute Gasteiger partial charge is 0.0489 e. The van der Waals surface area contributed by atoms with Crippen molar-refractivity contribution in [3.8, 4) is 0 Å². The summed E-state index contributed by atoms with van der Waals surface area (Å²) in [5, 5.41) is 3.65. The molecule has 1 rings (SSSR count). The van der Waals surface area contributed by atoms with Crippen LogP contribution < -0.4 is 11.1 Å². The maximum Gasteiger partial charge on any atom is 0.0489 e. The van der Waals surface area contributed by atoms with Gasteiger partial charge in [0.1, 0.15) is 0 Å². The largest absolute Gasteiger partial charge is 0.381 e. The van der Waals surface area contributed by atoms with Crippen molar-refractivity contribution in [2.75, 3.05) is 26.3 Å². The van der Waals surface area contributed by atoms with Crippen LogP contribution in [0.1, 0.15) is 46.0 Å². The first-order valence-electron chi connectivity index (χ1n) is 7.25. The van der Waals surface area contributed by atoms with Crippen LogP contribution in [0, 0.1) is 11.8 Å². The molecule has 0 radical (unpaired) electrons. The zero-order chi connectivity index (χ0) is 12.5. The maximum atomic E-state index is 5.81. The van der Waals surface area contributed by atoms with Gasteiger partial charge in [0.05, 0.1) is 0 Å². The summed E-state index contributed by atoms with van der Waals surface area (Å²) >= 11 is 0. The van der Waals surface area contributed by atoms with Gasteiger partial charge in [-0.25, -0.2) is 0 Å². The van der Waals surface area contributed by atoms with Gasteiger partial charge in [0.2, 0.25) is 0 Å². The Bertz CT molecular complexity index is 185. The van der Waals surface area contributed by atoms with Gasteiger partial charge in [-0.3, -0.25) is 0 Å². The number of nitrogens with two attached hydrogens (primary N) is 1. The first kappa shape index (κ1) is 14.9. The van der Waals surface area contributed by atoms with Gasteiger partial charge >= 0.3 is 0 Å². The van der Waals surface area contributed by atoms with Gasteiger partial charge in [0, 0.05) is 19.3 Å². The van der Waals surface area contributed by atoms with Crippen LogP contribution in [0.15, 0.2) is 0 Å².